The number of rotatable bonds is 5. The minimum atomic E-state index is -0.973. The molecule has 1 aromatic heterocycles. The first-order valence-corrected chi connectivity index (χ1v) is 6.06. The molecular formula is C14H12N2O5. The average molecular weight is 288 g/mol. The summed E-state index contributed by atoms with van der Waals surface area (Å²) >= 11 is 0. The third-order valence-electron chi connectivity index (χ3n) is 2.78. The SMILES string of the molecule is Cc1cc(Oc2ccccc2CC(=O)O)ncc1[N+](=O)[O-]. The fourth-order valence-corrected chi connectivity index (χ4v) is 1.79. The van der Waals surface area contributed by atoms with Crippen LogP contribution in [0.4, 0.5) is 5.69 Å². The van der Waals surface area contributed by atoms with Gasteiger partial charge in [-0.3, -0.25) is 14.9 Å². The van der Waals surface area contributed by atoms with Crippen molar-refractivity contribution in [1.82, 2.24) is 4.98 Å². The molecule has 1 N–H and O–H groups in total. The van der Waals surface area contributed by atoms with E-state index < -0.39 is 10.9 Å². The first-order chi connectivity index (χ1) is 9.97. The van der Waals surface area contributed by atoms with Crippen LogP contribution in [0.2, 0.25) is 0 Å². The van der Waals surface area contributed by atoms with Gasteiger partial charge in [0.25, 0.3) is 5.69 Å². The molecule has 0 aliphatic rings. The van der Waals surface area contributed by atoms with Crippen molar-refractivity contribution < 1.29 is 19.6 Å². The van der Waals surface area contributed by atoms with Crippen molar-refractivity contribution in [3.05, 3.63) is 57.8 Å². The van der Waals surface area contributed by atoms with Gasteiger partial charge in [0, 0.05) is 17.2 Å². The number of aryl methyl sites for hydroxylation is 1. The van der Waals surface area contributed by atoms with E-state index in [9.17, 15) is 14.9 Å². The molecule has 0 radical (unpaired) electrons. The summed E-state index contributed by atoms with van der Waals surface area (Å²) in [4.78, 5) is 24.9. The molecule has 0 bridgehead atoms. The lowest BCUT2D eigenvalue weighted by molar-refractivity contribution is -0.385. The molecule has 108 valence electrons. The Bertz CT molecular complexity index is 700. The minimum Gasteiger partial charge on any atom is -0.481 e. The third-order valence-corrected chi connectivity index (χ3v) is 2.78. The van der Waals surface area contributed by atoms with Gasteiger partial charge < -0.3 is 9.84 Å². The Morgan fingerprint density at radius 2 is 2.14 bits per heavy atom. The van der Waals surface area contributed by atoms with Crippen molar-refractivity contribution in [2.75, 3.05) is 0 Å². The van der Waals surface area contributed by atoms with Gasteiger partial charge in [-0.25, -0.2) is 4.98 Å². The molecule has 1 aromatic carbocycles. The fraction of sp³-hybridized carbons (Fsp3) is 0.143. The highest BCUT2D eigenvalue weighted by molar-refractivity contribution is 5.71. The molecule has 0 spiro atoms. The Labute approximate surface area is 120 Å². The summed E-state index contributed by atoms with van der Waals surface area (Å²) in [6.45, 7) is 1.58. The van der Waals surface area contributed by atoms with Crippen LogP contribution >= 0.6 is 0 Å². The lowest BCUT2D eigenvalue weighted by Crippen LogP contribution is -2.02. The van der Waals surface area contributed by atoms with Gasteiger partial charge >= 0.3 is 5.97 Å². The molecular weight excluding hydrogens is 276 g/mol. The van der Waals surface area contributed by atoms with E-state index in [-0.39, 0.29) is 18.0 Å². The summed E-state index contributed by atoms with van der Waals surface area (Å²) in [6.07, 6.45) is 0.937. The first kappa shape index (κ1) is 14.4. The number of ether oxygens (including phenoxy) is 1. The van der Waals surface area contributed by atoms with E-state index in [0.717, 1.165) is 6.20 Å². The molecule has 1 heterocycles. The number of hydrogen-bond donors (Lipinski definition) is 1. The second-order valence-corrected chi connectivity index (χ2v) is 4.35. The molecule has 7 heteroatoms. The third kappa shape index (κ3) is 3.53. The van der Waals surface area contributed by atoms with E-state index in [1.165, 1.54) is 6.07 Å². The van der Waals surface area contributed by atoms with Crippen LogP contribution in [0.1, 0.15) is 11.1 Å². The molecule has 21 heavy (non-hydrogen) atoms. The predicted molar refractivity (Wildman–Crippen MR) is 73.5 cm³/mol. The Morgan fingerprint density at radius 1 is 1.43 bits per heavy atom. The van der Waals surface area contributed by atoms with E-state index >= 15 is 0 Å². The molecule has 2 aromatic rings. The molecule has 0 amide bonds. The summed E-state index contributed by atoms with van der Waals surface area (Å²) in [5, 5.41) is 19.6. The van der Waals surface area contributed by atoms with Crippen LogP contribution in [0, 0.1) is 17.0 Å². The molecule has 0 saturated heterocycles. The largest absolute Gasteiger partial charge is 0.481 e. The number of carboxylic acid groups (broad SMARTS) is 1. The summed E-state index contributed by atoms with van der Waals surface area (Å²) in [5.74, 6) is -0.435. The summed E-state index contributed by atoms with van der Waals surface area (Å²) in [5.41, 5.74) is 0.824. The number of carbonyl (C=O) groups is 1. The number of para-hydroxylation sites is 1. The molecule has 7 nitrogen and oxygen atoms in total. The Balaban J connectivity index is 2.28. The van der Waals surface area contributed by atoms with Crippen molar-refractivity contribution in [2.24, 2.45) is 0 Å². The van der Waals surface area contributed by atoms with Crippen LogP contribution in [0.5, 0.6) is 11.6 Å². The van der Waals surface area contributed by atoms with Crippen molar-refractivity contribution in [1.29, 1.82) is 0 Å². The zero-order chi connectivity index (χ0) is 15.4. The maximum absolute atomic E-state index is 10.8. The molecule has 0 unspecified atom stereocenters. The van der Waals surface area contributed by atoms with Crippen molar-refractivity contribution in [3.8, 4) is 11.6 Å². The average Bonchev–Trinajstić information content (AvgIpc) is 2.40. The summed E-state index contributed by atoms with van der Waals surface area (Å²) < 4.78 is 5.53. The Morgan fingerprint density at radius 3 is 2.76 bits per heavy atom. The lowest BCUT2D eigenvalue weighted by atomic mass is 10.1. The van der Waals surface area contributed by atoms with Gasteiger partial charge in [0.15, 0.2) is 0 Å². The van der Waals surface area contributed by atoms with Crippen LogP contribution in [-0.4, -0.2) is 21.0 Å². The van der Waals surface area contributed by atoms with Gasteiger partial charge in [-0.2, -0.15) is 0 Å². The van der Waals surface area contributed by atoms with E-state index in [4.69, 9.17) is 9.84 Å². The van der Waals surface area contributed by atoms with Crippen molar-refractivity contribution >= 4 is 11.7 Å². The first-order valence-electron chi connectivity index (χ1n) is 6.06. The number of aliphatic carboxylic acids is 1. The number of hydrogen-bond acceptors (Lipinski definition) is 5. The number of benzene rings is 1. The summed E-state index contributed by atoms with van der Waals surface area (Å²) in [7, 11) is 0. The van der Waals surface area contributed by atoms with Gasteiger partial charge in [-0.15, -0.1) is 0 Å². The zero-order valence-electron chi connectivity index (χ0n) is 11.1. The molecule has 0 aliphatic carbocycles. The second kappa shape index (κ2) is 6.00. The van der Waals surface area contributed by atoms with Crippen LogP contribution < -0.4 is 4.74 Å². The highest BCUT2D eigenvalue weighted by Crippen LogP contribution is 2.27. The number of nitrogens with zero attached hydrogens (tertiary/aromatic N) is 2. The van der Waals surface area contributed by atoms with Crippen LogP contribution in [0.15, 0.2) is 36.5 Å². The normalized spacial score (nSPS) is 10.1. The van der Waals surface area contributed by atoms with Gasteiger partial charge in [-0.05, 0) is 13.0 Å². The monoisotopic (exact) mass is 288 g/mol. The maximum Gasteiger partial charge on any atom is 0.307 e. The van der Waals surface area contributed by atoms with E-state index in [0.29, 0.717) is 16.9 Å². The van der Waals surface area contributed by atoms with Crippen LogP contribution in [0.3, 0.4) is 0 Å². The maximum atomic E-state index is 10.8. The minimum absolute atomic E-state index is 0.0961. The zero-order valence-corrected chi connectivity index (χ0v) is 11.1. The van der Waals surface area contributed by atoms with E-state index in [2.05, 4.69) is 4.98 Å². The number of nitro groups is 1. The molecule has 2 rings (SSSR count). The van der Waals surface area contributed by atoms with E-state index in [1.54, 1.807) is 31.2 Å². The smallest absolute Gasteiger partial charge is 0.307 e. The Hall–Kier alpha value is -2.96. The molecule has 0 atom stereocenters. The molecule has 0 fully saturated rings. The van der Waals surface area contributed by atoms with Crippen LogP contribution in [0.25, 0.3) is 0 Å². The number of aromatic nitrogens is 1. The van der Waals surface area contributed by atoms with Gasteiger partial charge in [-0.1, -0.05) is 18.2 Å². The highest BCUT2D eigenvalue weighted by atomic mass is 16.6. The van der Waals surface area contributed by atoms with Gasteiger partial charge in [0.1, 0.15) is 11.9 Å². The second-order valence-electron chi connectivity index (χ2n) is 4.35. The predicted octanol–water partition coefficient (Wildman–Crippen LogP) is 2.72. The summed E-state index contributed by atoms with van der Waals surface area (Å²) in [6, 6.07) is 8.12. The lowest BCUT2D eigenvalue weighted by Gasteiger charge is -2.09. The quantitative estimate of drug-likeness (QED) is 0.670. The fourth-order valence-electron chi connectivity index (χ4n) is 1.79. The molecule has 0 aliphatic heterocycles. The number of carboxylic acids is 1. The topological polar surface area (TPSA) is 103 Å². The van der Waals surface area contributed by atoms with E-state index in [1.807, 2.05) is 0 Å². The van der Waals surface area contributed by atoms with Gasteiger partial charge in [0.05, 0.1) is 11.3 Å². The number of pyridine rings is 1. The highest BCUT2D eigenvalue weighted by Gasteiger charge is 2.14. The Kier molecular flexibility index (Phi) is 4.13. The van der Waals surface area contributed by atoms with Crippen molar-refractivity contribution in [3.63, 3.8) is 0 Å². The molecule has 0 saturated carbocycles. The van der Waals surface area contributed by atoms with Crippen molar-refractivity contribution in [2.45, 2.75) is 13.3 Å². The van der Waals surface area contributed by atoms with Crippen LogP contribution in [-0.2, 0) is 11.2 Å². The standard InChI is InChI=1S/C14H12N2O5/c1-9-6-13(15-8-11(9)16(19)20)21-12-5-3-2-4-10(12)7-14(17)18/h2-6,8H,7H2,1H3,(H,17,18). The van der Waals surface area contributed by atoms with Gasteiger partial charge in [0.2, 0.25) is 5.88 Å².